The Morgan fingerprint density at radius 3 is 2.79 bits per heavy atom. The van der Waals surface area contributed by atoms with Gasteiger partial charge in [0.1, 0.15) is 0 Å². The summed E-state index contributed by atoms with van der Waals surface area (Å²) in [6.45, 7) is 0. The van der Waals surface area contributed by atoms with Crippen LogP contribution in [0.5, 0.6) is 0 Å². The Morgan fingerprint density at radius 1 is 1.64 bits per heavy atom. The molecule has 0 bridgehead atoms. The van der Waals surface area contributed by atoms with E-state index >= 15 is 0 Å². The van der Waals surface area contributed by atoms with Gasteiger partial charge in [-0.3, -0.25) is 4.79 Å². The molecule has 0 aliphatic carbocycles. The standard InChI is InChI=1S/C8H5BrF2N2O/c9-6-4(1-2-12)5(7(10)11)3-13-8(6)14/h3,7H,1H2,(H,13,14). The van der Waals surface area contributed by atoms with Gasteiger partial charge in [0, 0.05) is 11.8 Å². The third-order valence-corrected chi connectivity index (χ3v) is 2.50. The largest absolute Gasteiger partial charge is 0.328 e. The lowest BCUT2D eigenvalue weighted by atomic mass is 10.1. The number of nitrogens with one attached hydrogen (secondary N) is 1. The van der Waals surface area contributed by atoms with Crippen molar-refractivity contribution in [2.45, 2.75) is 12.8 Å². The van der Waals surface area contributed by atoms with Gasteiger partial charge in [0.2, 0.25) is 0 Å². The molecule has 1 aromatic rings. The molecule has 0 saturated heterocycles. The Hall–Kier alpha value is -1.22. The summed E-state index contributed by atoms with van der Waals surface area (Å²) in [5.41, 5.74) is -0.788. The van der Waals surface area contributed by atoms with E-state index in [4.69, 9.17) is 5.26 Å². The van der Waals surface area contributed by atoms with Crippen molar-refractivity contribution in [2.75, 3.05) is 0 Å². The van der Waals surface area contributed by atoms with Crippen molar-refractivity contribution >= 4 is 15.9 Å². The molecule has 0 atom stereocenters. The number of hydrogen-bond acceptors (Lipinski definition) is 2. The molecule has 0 aliphatic heterocycles. The van der Waals surface area contributed by atoms with Gasteiger partial charge in [-0.05, 0) is 21.5 Å². The van der Waals surface area contributed by atoms with Crippen molar-refractivity contribution in [3.05, 3.63) is 32.2 Å². The molecule has 74 valence electrons. The molecule has 14 heavy (non-hydrogen) atoms. The monoisotopic (exact) mass is 262 g/mol. The van der Waals surface area contributed by atoms with Crippen LogP contribution < -0.4 is 5.56 Å². The lowest BCUT2D eigenvalue weighted by molar-refractivity contribution is 0.150. The van der Waals surface area contributed by atoms with Gasteiger partial charge < -0.3 is 4.98 Å². The molecule has 0 spiro atoms. The summed E-state index contributed by atoms with van der Waals surface area (Å²) in [5, 5.41) is 8.41. The summed E-state index contributed by atoms with van der Waals surface area (Å²) in [6.07, 6.45) is -1.99. The highest BCUT2D eigenvalue weighted by Gasteiger charge is 2.17. The topological polar surface area (TPSA) is 56.6 Å². The molecule has 0 saturated carbocycles. The molecule has 0 fully saturated rings. The summed E-state index contributed by atoms with van der Waals surface area (Å²) in [7, 11) is 0. The molecule has 1 aromatic heterocycles. The molecule has 0 amide bonds. The van der Waals surface area contributed by atoms with Crippen LogP contribution in [0, 0.1) is 11.3 Å². The zero-order valence-electron chi connectivity index (χ0n) is 6.85. The molecule has 0 radical (unpaired) electrons. The Morgan fingerprint density at radius 2 is 2.29 bits per heavy atom. The second-order valence-corrected chi connectivity index (χ2v) is 3.29. The molecular formula is C8H5BrF2N2O. The smallest absolute Gasteiger partial charge is 0.265 e. The van der Waals surface area contributed by atoms with Gasteiger partial charge in [-0.1, -0.05) is 0 Å². The molecule has 1 heterocycles. The number of halogens is 3. The molecule has 0 aliphatic rings. The second kappa shape index (κ2) is 4.33. The maximum absolute atomic E-state index is 12.4. The zero-order valence-corrected chi connectivity index (χ0v) is 8.44. The van der Waals surface area contributed by atoms with E-state index in [9.17, 15) is 13.6 Å². The first-order valence-corrected chi connectivity index (χ1v) is 4.42. The van der Waals surface area contributed by atoms with Crippen LogP contribution in [0.4, 0.5) is 8.78 Å². The Balaban J connectivity index is 3.39. The quantitative estimate of drug-likeness (QED) is 0.888. The van der Waals surface area contributed by atoms with E-state index in [2.05, 4.69) is 20.9 Å². The predicted molar refractivity (Wildman–Crippen MR) is 49.0 cm³/mol. The van der Waals surface area contributed by atoms with Crippen molar-refractivity contribution in [2.24, 2.45) is 0 Å². The van der Waals surface area contributed by atoms with Crippen LogP contribution in [0.1, 0.15) is 17.6 Å². The Bertz CT molecular complexity index is 436. The van der Waals surface area contributed by atoms with E-state index < -0.39 is 12.0 Å². The maximum atomic E-state index is 12.4. The number of nitrogens with zero attached hydrogens (tertiary/aromatic N) is 1. The summed E-state index contributed by atoms with van der Waals surface area (Å²) in [4.78, 5) is 13.2. The third kappa shape index (κ3) is 1.99. The number of alkyl halides is 2. The summed E-state index contributed by atoms with van der Waals surface area (Å²) in [6, 6.07) is 1.73. The van der Waals surface area contributed by atoms with E-state index in [0.717, 1.165) is 6.20 Å². The third-order valence-electron chi connectivity index (χ3n) is 1.66. The van der Waals surface area contributed by atoms with Gasteiger partial charge >= 0.3 is 0 Å². The first kappa shape index (κ1) is 10.9. The second-order valence-electron chi connectivity index (χ2n) is 2.50. The van der Waals surface area contributed by atoms with Crippen molar-refractivity contribution in [3.8, 4) is 6.07 Å². The molecule has 1 rings (SSSR count). The minimum atomic E-state index is -2.70. The van der Waals surface area contributed by atoms with Crippen LogP contribution in [-0.4, -0.2) is 4.98 Å². The van der Waals surface area contributed by atoms with E-state index in [1.807, 2.05) is 0 Å². The SMILES string of the molecule is N#CCc1c(C(F)F)c[nH]c(=O)c1Br. The number of rotatable bonds is 2. The van der Waals surface area contributed by atoms with Gasteiger partial charge in [0.25, 0.3) is 12.0 Å². The van der Waals surface area contributed by atoms with E-state index in [1.165, 1.54) is 0 Å². The number of nitriles is 1. The van der Waals surface area contributed by atoms with Crippen molar-refractivity contribution in [3.63, 3.8) is 0 Å². The molecule has 6 heteroatoms. The Kier molecular flexibility index (Phi) is 3.36. The average Bonchev–Trinajstić information content (AvgIpc) is 2.13. The van der Waals surface area contributed by atoms with Crippen molar-refractivity contribution in [1.29, 1.82) is 5.26 Å². The average molecular weight is 263 g/mol. The fourth-order valence-corrected chi connectivity index (χ4v) is 1.49. The van der Waals surface area contributed by atoms with Gasteiger partial charge in [0.05, 0.1) is 17.0 Å². The molecular weight excluding hydrogens is 258 g/mol. The van der Waals surface area contributed by atoms with Crippen molar-refractivity contribution in [1.82, 2.24) is 4.98 Å². The predicted octanol–water partition coefficient (Wildman–Crippen LogP) is 2.14. The van der Waals surface area contributed by atoms with Gasteiger partial charge in [0.15, 0.2) is 0 Å². The number of aromatic nitrogens is 1. The van der Waals surface area contributed by atoms with Crippen LogP contribution in [-0.2, 0) is 6.42 Å². The highest BCUT2D eigenvalue weighted by Crippen LogP contribution is 2.25. The summed E-state index contributed by atoms with van der Waals surface area (Å²) >= 11 is 2.87. The minimum Gasteiger partial charge on any atom is -0.328 e. The van der Waals surface area contributed by atoms with Crippen LogP contribution in [0.2, 0.25) is 0 Å². The fraction of sp³-hybridized carbons (Fsp3) is 0.250. The summed E-state index contributed by atoms with van der Waals surface area (Å²) in [5.74, 6) is 0. The molecule has 1 N–H and O–H groups in total. The molecule has 0 aromatic carbocycles. The number of pyridine rings is 1. The van der Waals surface area contributed by atoms with E-state index in [1.54, 1.807) is 6.07 Å². The van der Waals surface area contributed by atoms with E-state index in [0.29, 0.717) is 0 Å². The van der Waals surface area contributed by atoms with Crippen LogP contribution in [0.3, 0.4) is 0 Å². The highest BCUT2D eigenvalue weighted by molar-refractivity contribution is 9.10. The highest BCUT2D eigenvalue weighted by atomic mass is 79.9. The zero-order chi connectivity index (χ0) is 10.7. The lowest BCUT2D eigenvalue weighted by Crippen LogP contribution is -2.11. The first-order chi connectivity index (χ1) is 6.57. The van der Waals surface area contributed by atoms with Crippen LogP contribution in [0.25, 0.3) is 0 Å². The first-order valence-electron chi connectivity index (χ1n) is 3.63. The molecule has 3 nitrogen and oxygen atoms in total. The van der Waals surface area contributed by atoms with Crippen molar-refractivity contribution < 1.29 is 8.78 Å². The van der Waals surface area contributed by atoms with E-state index in [-0.39, 0.29) is 22.0 Å². The molecule has 0 unspecified atom stereocenters. The number of hydrogen-bond donors (Lipinski definition) is 1. The minimum absolute atomic E-state index is 0.00292. The lowest BCUT2D eigenvalue weighted by Gasteiger charge is -2.06. The number of H-pyrrole nitrogens is 1. The van der Waals surface area contributed by atoms with Crippen LogP contribution in [0.15, 0.2) is 15.5 Å². The van der Waals surface area contributed by atoms with Gasteiger partial charge in [-0.15, -0.1) is 0 Å². The van der Waals surface area contributed by atoms with Crippen LogP contribution >= 0.6 is 15.9 Å². The van der Waals surface area contributed by atoms with Gasteiger partial charge in [-0.25, -0.2) is 8.78 Å². The summed E-state index contributed by atoms with van der Waals surface area (Å²) < 4.78 is 24.8. The van der Waals surface area contributed by atoms with Gasteiger partial charge in [-0.2, -0.15) is 5.26 Å². The fourth-order valence-electron chi connectivity index (χ4n) is 1.01. The Labute approximate surface area is 86.5 Å². The maximum Gasteiger partial charge on any atom is 0.265 e. The number of aromatic amines is 1. The normalized spacial score (nSPS) is 10.2.